The minimum Gasteiger partial charge on any atom is -0.140 e. The highest BCUT2D eigenvalue weighted by atomic mass is 35.7. The summed E-state index contributed by atoms with van der Waals surface area (Å²) in [5.41, 5.74) is 4.37. The lowest BCUT2D eigenvalue weighted by atomic mass is 10.1. The highest BCUT2D eigenvalue weighted by Gasteiger charge is 2.47. The van der Waals surface area contributed by atoms with Crippen LogP contribution >= 0.6 is 44.3 Å². The van der Waals surface area contributed by atoms with Crippen LogP contribution in [0.3, 0.4) is 0 Å². The van der Waals surface area contributed by atoms with Crippen LogP contribution in [0.5, 0.6) is 0 Å². The van der Waals surface area contributed by atoms with Crippen molar-refractivity contribution in [3.8, 4) is 0 Å². The first-order chi connectivity index (χ1) is 16.9. The summed E-state index contributed by atoms with van der Waals surface area (Å²) in [6.07, 6.45) is 4.14. The van der Waals surface area contributed by atoms with Gasteiger partial charge in [0.1, 0.15) is 0 Å². The summed E-state index contributed by atoms with van der Waals surface area (Å²) in [7, 11) is 0. The summed E-state index contributed by atoms with van der Waals surface area (Å²) >= 11 is 29.1. The summed E-state index contributed by atoms with van der Waals surface area (Å²) in [6.45, 7) is -6.28. The van der Waals surface area contributed by atoms with E-state index in [1.54, 1.807) is 0 Å². The van der Waals surface area contributed by atoms with Gasteiger partial charge in [-0.05, 0) is 38.3 Å². The quantitative estimate of drug-likeness (QED) is 0.112. The van der Waals surface area contributed by atoms with Gasteiger partial charge in [0.2, 0.25) is 0 Å². The highest BCUT2D eigenvalue weighted by Crippen LogP contribution is 2.47. The van der Waals surface area contributed by atoms with Gasteiger partial charge in [-0.2, -0.15) is 0 Å². The molecule has 0 unspecified atom stereocenters. The molecular formula is C29H24Cl4Si2. The van der Waals surface area contributed by atoms with E-state index in [1.807, 2.05) is 121 Å². The second kappa shape index (κ2) is 11.8. The smallest absolute Gasteiger partial charge is 0.140 e. The number of halogens is 4. The molecule has 0 nitrogen and oxygen atoms in total. The third-order valence-corrected chi connectivity index (χ3v) is 18.9. The Balaban J connectivity index is 1.78. The number of benzene rings is 4. The van der Waals surface area contributed by atoms with Crippen LogP contribution in [0, 0.1) is 0 Å². The standard InChI is InChI=1S/C29H24Cl4Si2/c30-34(31,28(26-17-9-3-10-18-26)21-24-13-5-1-6-14-24)23-35(32,33)29(27-19-11-4-12-20-27)22-25-15-7-2-8-16-25/h1-22H,23H2/b28-21+,29-22+. The molecule has 4 aromatic carbocycles. The van der Waals surface area contributed by atoms with E-state index in [0.717, 1.165) is 32.6 Å². The van der Waals surface area contributed by atoms with Gasteiger partial charge in [0, 0.05) is 0 Å². The first kappa shape index (κ1) is 26.0. The Morgan fingerprint density at radius 1 is 0.457 bits per heavy atom. The van der Waals surface area contributed by atoms with Crippen molar-refractivity contribution in [1.82, 2.24) is 0 Å². The van der Waals surface area contributed by atoms with Gasteiger partial charge in [-0.25, -0.2) is 0 Å². The average Bonchev–Trinajstić information content (AvgIpc) is 2.87. The predicted molar refractivity (Wildman–Crippen MR) is 161 cm³/mol. The van der Waals surface area contributed by atoms with Crippen LogP contribution < -0.4 is 0 Å². The summed E-state index contributed by atoms with van der Waals surface area (Å²) in [6, 6.07) is 40.2. The summed E-state index contributed by atoms with van der Waals surface area (Å²) in [5, 5.41) is 1.80. The molecule has 0 aliphatic carbocycles. The van der Waals surface area contributed by atoms with E-state index >= 15 is 0 Å². The van der Waals surface area contributed by atoms with Gasteiger partial charge in [0.05, 0.1) is 0 Å². The zero-order valence-electron chi connectivity index (χ0n) is 18.9. The first-order valence-corrected chi connectivity index (χ1v) is 19.7. The molecule has 4 rings (SSSR count). The number of rotatable bonds is 8. The second-order valence-corrected chi connectivity index (χ2v) is 22.5. The Hall–Kier alpha value is -2.05. The topological polar surface area (TPSA) is 0 Å². The van der Waals surface area contributed by atoms with Gasteiger partial charge in [0.25, 0.3) is 13.4 Å². The third-order valence-electron chi connectivity index (χ3n) is 5.62. The van der Waals surface area contributed by atoms with E-state index in [4.69, 9.17) is 44.3 Å². The molecule has 0 saturated heterocycles. The second-order valence-electron chi connectivity index (χ2n) is 8.26. The Kier molecular flexibility index (Phi) is 8.77. The van der Waals surface area contributed by atoms with Crippen molar-refractivity contribution in [2.24, 2.45) is 0 Å². The molecule has 0 aliphatic rings. The molecule has 4 aromatic rings. The zero-order chi connectivity index (χ0) is 24.7. The van der Waals surface area contributed by atoms with E-state index in [-0.39, 0.29) is 0 Å². The normalized spacial score (nSPS) is 13.0. The van der Waals surface area contributed by atoms with Crippen LogP contribution in [0.1, 0.15) is 22.3 Å². The van der Waals surface area contributed by atoms with Crippen LogP contribution in [-0.2, 0) is 0 Å². The maximum atomic E-state index is 7.28. The molecule has 0 aromatic heterocycles. The van der Waals surface area contributed by atoms with Crippen molar-refractivity contribution in [3.05, 3.63) is 144 Å². The lowest BCUT2D eigenvalue weighted by Gasteiger charge is -2.29. The van der Waals surface area contributed by atoms with E-state index in [1.165, 1.54) is 0 Å². The summed E-state index contributed by atoms with van der Waals surface area (Å²) in [5.74, 6) is 0. The largest absolute Gasteiger partial charge is 0.281 e. The fourth-order valence-corrected chi connectivity index (χ4v) is 21.3. The molecule has 0 saturated carbocycles. The monoisotopic (exact) mass is 568 g/mol. The number of hydrogen-bond acceptors (Lipinski definition) is 0. The van der Waals surface area contributed by atoms with E-state index < -0.39 is 13.4 Å². The molecule has 0 bridgehead atoms. The third kappa shape index (κ3) is 7.01. The van der Waals surface area contributed by atoms with Crippen LogP contribution in [0.15, 0.2) is 121 Å². The first-order valence-electron chi connectivity index (χ1n) is 11.3. The van der Waals surface area contributed by atoms with E-state index in [9.17, 15) is 0 Å². The average molecular weight is 570 g/mol. The summed E-state index contributed by atoms with van der Waals surface area (Å²) < 4.78 is 0. The van der Waals surface area contributed by atoms with Gasteiger partial charge in [-0.3, -0.25) is 0 Å². The minimum atomic E-state index is -3.14. The van der Waals surface area contributed by atoms with Crippen molar-refractivity contribution >= 4 is 80.2 Å². The molecule has 0 amide bonds. The number of hydrogen-bond donors (Lipinski definition) is 0. The molecule has 0 N–H and O–H groups in total. The Labute approximate surface area is 228 Å². The van der Waals surface area contributed by atoms with Crippen LogP contribution in [0.2, 0.25) is 5.67 Å². The predicted octanol–water partition coefficient (Wildman–Crippen LogP) is 9.93. The molecule has 176 valence electrons. The molecule has 6 heteroatoms. The fraction of sp³-hybridized carbons (Fsp3) is 0.0345. The van der Waals surface area contributed by atoms with Crippen molar-refractivity contribution in [1.29, 1.82) is 0 Å². The zero-order valence-corrected chi connectivity index (χ0v) is 23.9. The molecule has 0 aliphatic heterocycles. The molecular weight excluding hydrogens is 546 g/mol. The molecule has 35 heavy (non-hydrogen) atoms. The van der Waals surface area contributed by atoms with Crippen LogP contribution in [0.25, 0.3) is 22.5 Å². The van der Waals surface area contributed by atoms with E-state index in [0.29, 0.717) is 5.67 Å². The van der Waals surface area contributed by atoms with Crippen molar-refractivity contribution in [2.45, 2.75) is 5.67 Å². The summed E-state index contributed by atoms with van der Waals surface area (Å²) in [4.78, 5) is 0. The van der Waals surface area contributed by atoms with E-state index in [2.05, 4.69) is 12.2 Å². The molecule has 0 atom stereocenters. The van der Waals surface area contributed by atoms with Crippen molar-refractivity contribution in [3.63, 3.8) is 0 Å². The van der Waals surface area contributed by atoms with Crippen LogP contribution in [-0.4, -0.2) is 13.4 Å². The molecule has 0 heterocycles. The Morgan fingerprint density at radius 2 is 0.743 bits per heavy atom. The Morgan fingerprint density at radius 3 is 1.06 bits per heavy atom. The van der Waals surface area contributed by atoms with Gasteiger partial charge >= 0.3 is 0 Å². The van der Waals surface area contributed by atoms with Gasteiger partial charge in [0.15, 0.2) is 0 Å². The SMILES string of the molecule is Cl[Si](Cl)(C[Si](Cl)(Cl)/C(=C/c1ccccc1)c1ccccc1)/C(=C/c1ccccc1)c1ccccc1. The van der Waals surface area contributed by atoms with Gasteiger partial charge in [-0.15, -0.1) is 44.3 Å². The maximum Gasteiger partial charge on any atom is 0.281 e. The lowest BCUT2D eigenvalue weighted by Crippen LogP contribution is -2.35. The Bertz CT molecular complexity index is 1180. The van der Waals surface area contributed by atoms with Gasteiger partial charge < -0.3 is 0 Å². The van der Waals surface area contributed by atoms with Crippen LogP contribution in [0.4, 0.5) is 0 Å². The molecule has 0 radical (unpaired) electrons. The van der Waals surface area contributed by atoms with Crippen molar-refractivity contribution < 1.29 is 0 Å². The molecule has 0 spiro atoms. The van der Waals surface area contributed by atoms with Gasteiger partial charge in [-0.1, -0.05) is 133 Å². The molecule has 0 fully saturated rings. The maximum absolute atomic E-state index is 7.28. The highest BCUT2D eigenvalue weighted by molar-refractivity contribution is 7.64. The fourth-order valence-electron chi connectivity index (χ4n) is 3.94. The lowest BCUT2D eigenvalue weighted by molar-refractivity contribution is 1.62. The van der Waals surface area contributed by atoms with Crippen molar-refractivity contribution in [2.75, 3.05) is 0 Å². The minimum absolute atomic E-state index is 0.341.